The zero-order valence-corrected chi connectivity index (χ0v) is 28.5. The minimum Gasteiger partial charge on any atom is -0.489 e. The number of ether oxygens (including phenoxy) is 8. The highest BCUT2D eigenvalue weighted by Crippen LogP contribution is 2.60. The molecule has 250 valence electrons. The van der Waals surface area contributed by atoms with Gasteiger partial charge in [-0.15, -0.1) is 0 Å². The van der Waals surface area contributed by atoms with E-state index in [9.17, 15) is 4.79 Å². The predicted molar refractivity (Wildman–Crippen MR) is 175 cm³/mol. The van der Waals surface area contributed by atoms with E-state index >= 15 is 0 Å². The van der Waals surface area contributed by atoms with Crippen LogP contribution in [0.15, 0.2) is 0 Å². The summed E-state index contributed by atoms with van der Waals surface area (Å²) < 4.78 is 50.9. The van der Waals surface area contributed by atoms with Gasteiger partial charge in [0.25, 0.3) is 0 Å². The Balaban J connectivity index is 3.39. The highest BCUT2D eigenvalue weighted by molar-refractivity contribution is 6.16. The first-order valence-corrected chi connectivity index (χ1v) is 16.8. The Hall–Kier alpha value is -3.23. The van der Waals surface area contributed by atoms with Crippen molar-refractivity contribution in [2.24, 2.45) is 0 Å². The SMILES string of the molecule is CCCOC(=O)c1c(OCCC)c(OCCC)c(OCCC)c2c(OCCC)c(OCCC)c(OCCC)c(OCCC)c12. The van der Waals surface area contributed by atoms with Crippen molar-refractivity contribution in [3.05, 3.63) is 5.56 Å². The fourth-order valence-corrected chi connectivity index (χ4v) is 4.39. The molecule has 0 N–H and O–H groups in total. The van der Waals surface area contributed by atoms with Gasteiger partial charge in [0.15, 0.2) is 23.0 Å². The Morgan fingerprint density at radius 3 is 0.977 bits per heavy atom. The molecule has 0 unspecified atom stereocenters. The third kappa shape index (κ3) is 9.38. The second kappa shape index (κ2) is 20.7. The normalized spacial score (nSPS) is 10.9. The van der Waals surface area contributed by atoms with Gasteiger partial charge in [0.05, 0.1) is 63.6 Å². The van der Waals surface area contributed by atoms with E-state index in [1.165, 1.54) is 0 Å². The van der Waals surface area contributed by atoms with Crippen LogP contribution in [0.25, 0.3) is 10.8 Å². The van der Waals surface area contributed by atoms with Gasteiger partial charge in [0, 0.05) is 0 Å². The smallest absolute Gasteiger partial charge is 0.342 e. The molecule has 9 heteroatoms. The molecule has 0 bridgehead atoms. The molecule has 0 fully saturated rings. The molecule has 2 aromatic carbocycles. The molecule has 0 spiro atoms. The van der Waals surface area contributed by atoms with Crippen molar-refractivity contribution >= 4 is 16.7 Å². The minimum atomic E-state index is -0.544. The van der Waals surface area contributed by atoms with E-state index in [4.69, 9.17) is 37.9 Å². The number of hydrogen-bond acceptors (Lipinski definition) is 9. The summed E-state index contributed by atoms with van der Waals surface area (Å²) in [5.74, 6) is 2.10. The number of carbonyl (C=O) groups excluding carboxylic acids is 1. The molecule has 0 aliphatic rings. The largest absolute Gasteiger partial charge is 0.489 e. The van der Waals surface area contributed by atoms with Gasteiger partial charge in [-0.2, -0.15) is 0 Å². The van der Waals surface area contributed by atoms with Gasteiger partial charge in [-0.3, -0.25) is 0 Å². The van der Waals surface area contributed by atoms with Crippen LogP contribution in [0.2, 0.25) is 0 Å². The maximum Gasteiger partial charge on any atom is 0.342 e. The summed E-state index contributed by atoms with van der Waals surface area (Å²) in [6.07, 6.45) is 5.89. The first kappa shape index (κ1) is 37.0. The summed E-state index contributed by atoms with van der Waals surface area (Å²) in [6.45, 7) is 19.2. The van der Waals surface area contributed by atoms with Crippen LogP contribution >= 0.6 is 0 Å². The molecule has 0 atom stereocenters. The average molecular weight is 621 g/mol. The van der Waals surface area contributed by atoms with Crippen LogP contribution in [0.4, 0.5) is 0 Å². The van der Waals surface area contributed by atoms with Crippen molar-refractivity contribution in [3.8, 4) is 40.2 Å². The van der Waals surface area contributed by atoms with Crippen LogP contribution in [0.3, 0.4) is 0 Å². The van der Waals surface area contributed by atoms with E-state index < -0.39 is 5.97 Å². The number of benzene rings is 2. The summed E-state index contributed by atoms with van der Waals surface area (Å²) in [5.41, 5.74) is 0.202. The first-order chi connectivity index (χ1) is 21.5. The maximum atomic E-state index is 14.1. The zero-order valence-electron chi connectivity index (χ0n) is 28.5. The van der Waals surface area contributed by atoms with E-state index in [-0.39, 0.29) is 17.9 Å². The van der Waals surface area contributed by atoms with E-state index in [0.29, 0.717) is 97.9 Å². The van der Waals surface area contributed by atoms with Crippen molar-refractivity contribution < 1.29 is 42.7 Å². The summed E-state index contributed by atoms with van der Waals surface area (Å²) in [6, 6.07) is 0. The molecule has 2 rings (SSSR count). The molecule has 0 aliphatic heterocycles. The molecule has 0 aromatic heterocycles. The number of carbonyl (C=O) groups is 1. The summed E-state index contributed by atoms with van der Waals surface area (Å²) in [5, 5.41) is 0.966. The molecule has 0 saturated heterocycles. The Morgan fingerprint density at radius 1 is 0.364 bits per heavy atom. The average Bonchev–Trinajstić information content (AvgIpc) is 3.03. The van der Waals surface area contributed by atoms with Gasteiger partial charge in [0.1, 0.15) is 5.56 Å². The Labute approximate surface area is 264 Å². The van der Waals surface area contributed by atoms with E-state index in [2.05, 4.69) is 0 Å². The number of esters is 1. The van der Waals surface area contributed by atoms with Crippen molar-refractivity contribution in [3.63, 3.8) is 0 Å². The monoisotopic (exact) mass is 620 g/mol. The van der Waals surface area contributed by atoms with E-state index in [1.807, 2.05) is 55.4 Å². The van der Waals surface area contributed by atoms with Gasteiger partial charge in [0.2, 0.25) is 17.2 Å². The van der Waals surface area contributed by atoms with E-state index in [1.54, 1.807) is 0 Å². The van der Waals surface area contributed by atoms with Gasteiger partial charge in [-0.25, -0.2) is 4.79 Å². The summed E-state index contributed by atoms with van der Waals surface area (Å²) >= 11 is 0. The zero-order chi connectivity index (χ0) is 32.3. The molecular weight excluding hydrogens is 564 g/mol. The quantitative estimate of drug-likeness (QED) is 0.107. The lowest BCUT2D eigenvalue weighted by Crippen LogP contribution is -2.16. The number of rotatable bonds is 24. The Morgan fingerprint density at radius 2 is 0.636 bits per heavy atom. The van der Waals surface area contributed by atoms with Crippen LogP contribution in [0.1, 0.15) is 117 Å². The summed E-state index contributed by atoms with van der Waals surface area (Å²) in [7, 11) is 0. The molecule has 0 heterocycles. The molecule has 0 radical (unpaired) electrons. The first-order valence-electron chi connectivity index (χ1n) is 16.8. The molecular formula is C35H56O9. The van der Waals surface area contributed by atoms with Crippen LogP contribution in [-0.2, 0) is 4.74 Å². The predicted octanol–water partition coefficient (Wildman–Crippen LogP) is 8.93. The lowest BCUT2D eigenvalue weighted by atomic mass is 9.97. The van der Waals surface area contributed by atoms with Gasteiger partial charge in [-0.1, -0.05) is 55.4 Å². The number of fused-ring (bicyclic) bond motifs is 1. The van der Waals surface area contributed by atoms with Gasteiger partial charge in [-0.05, 0) is 51.4 Å². The molecule has 2 aromatic rings. The van der Waals surface area contributed by atoms with Crippen molar-refractivity contribution in [1.82, 2.24) is 0 Å². The molecule has 0 amide bonds. The molecule has 9 nitrogen and oxygen atoms in total. The Bertz CT molecular complexity index is 1130. The highest BCUT2D eigenvalue weighted by atomic mass is 16.6. The third-order valence-electron chi connectivity index (χ3n) is 6.23. The molecule has 0 saturated carbocycles. The lowest BCUT2D eigenvalue weighted by Gasteiger charge is -2.27. The standard InChI is InChI=1S/C35H56O9/c1-9-17-37-28-25-26(30(39-19-11-3)34(43-23-15-7)33(28)42-22-14-6)29(38-18-10-2)32(41-21-13-5)31(40-20-12-4)27(25)35(36)44-24-16-8/h9-24H2,1-8H3. The third-order valence-corrected chi connectivity index (χ3v) is 6.23. The van der Waals surface area contributed by atoms with E-state index in [0.717, 1.165) is 44.9 Å². The van der Waals surface area contributed by atoms with Gasteiger partial charge >= 0.3 is 5.97 Å². The second-order valence-corrected chi connectivity index (χ2v) is 10.5. The second-order valence-electron chi connectivity index (χ2n) is 10.5. The van der Waals surface area contributed by atoms with Gasteiger partial charge < -0.3 is 37.9 Å². The highest BCUT2D eigenvalue weighted by Gasteiger charge is 2.37. The van der Waals surface area contributed by atoms with Crippen molar-refractivity contribution in [2.75, 3.05) is 52.9 Å². The maximum absolute atomic E-state index is 14.1. The van der Waals surface area contributed by atoms with Crippen LogP contribution in [-0.4, -0.2) is 58.8 Å². The Kier molecular flexibility index (Phi) is 17.4. The lowest BCUT2D eigenvalue weighted by molar-refractivity contribution is 0.0501. The topological polar surface area (TPSA) is 90.9 Å². The molecule has 0 aliphatic carbocycles. The summed E-state index contributed by atoms with van der Waals surface area (Å²) in [4.78, 5) is 14.1. The fourth-order valence-electron chi connectivity index (χ4n) is 4.39. The number of hydrogen-bond donors (Lipinski definition) is 0. The fraction of sp³-hybridized carbons (Fsp3) is 0.686. The van der Waals surface area contributed by atoms with Crippen molar-refractivity contribution in [2.45, 2.75) is 107 Å². The van der Waals surface area contributed by atoms with Crippen LogP contribution in [0, 0.1) is 0 Å². The van der Waals surface area contributed by atoms with Crippen molar-refractivity contribution in [1.29, 1.82) is 0 Å². The van der Waals surface area contributed by atoms with Crippen LogP contribution in [0.5, 0.6) is 40.2 Å². The minimum absolute atomic E-state index is 0.202. The molecule has 44 heavy (non-hydrogen) atoms. The van der Waals surface area contributed by atoms with Crippen LogP contribution < -0.4 is 33.2 Å².